The number of carboxylic acids is 1. The van der Waals surface area contributed by atoms with Gasteiger partial charge in [0.1, 0.15) is 6.10 Å². The summed E-state index contributed by atoms with van der Waals surface area (Å²) >= 11 is 0. The van der Waals surface area contributed by atoms with Crippen molar-refractivity contribution in [1.82, 2.24) is 10.2 Å². The van der Waals surface area contributed by atoms with E-state index in [1.54, 1.807) is 6.07 Å². The van der Waals surface area contributed by atoms with Gasteiger partial charge in [-0.15, -0.1) is 0 Å². The second-order valence-electron chi connectivity index (χ2n) is 10.6. The van der Waals surface area contributed by atoms with Crippen LogP contribution in [-0.4, -0.2) is 71.6 Å². The molecule has 174 valence electrons. The lowest BCUT2D eigenvalue weighted by atomic mass is 9.48. The van der Waals surface area contributed by atoms with E-state index >= 15 is 0 Å². The molecule has 2 aliphatic heterocycles. The second kappa shape index (κ2) is 7.34. The molecule has 2 saturated carbocycles. The number of ether oxygens (including phenoxy) is 2. The third-order valence-corrected chi connectivity index (χ3v) is 9.06. The summed E-state index contributed by atoms with van der Waals surface area (Å²) in [6.45, 7) is 2.85. The number of methoxy groups -OCH3 is 1. The van der Waals surface area contributed by atoms with Gasteiger partial charge in [0.25, 0.3) is 0 Å². The van der Waals surface area contributed by atoms with Crippen molar-refractivity contribution in [2.75, 3.05) is 26.7 Å². The number of aromatic hydroxyl groups is 1. The maximum Gasteiger partial charge on any atom is 0.303 e. The summed E-state index contributed by atoms with van der Waals surface area (Å²) in [6.07, 6.45) is 7.11. The van der Waals surface area contributed by atoms with Gasteiger partial charge in [-0.3, -0.25) is 9.69 Å². The average molecular weight is 443 g/mol. The van der Waals surface area contributed by atoms with Crippen LogP contribution in [0.5, 0.6) is 11.5 Å². The zero-order chi connectivity index (χ0) is 22.1. The van der Waals surface area contributed by atoms with Gasteiger partial charge in [-0.1, -0.05) is 6.07 Å². The number of piperidine rings is 1. The highest BCUT2D eigenvalue weighted by atomic mass is 16.5. The molecule has 1 aromatic carbocycles. The minimum Gasteiger partial charge on any atom is -0.504 e. The minimum atomic E-state index is -0.760. The Bertz CT molecular complexity index is 933. The number of nitrogens with zero attached hydrogens (tertiary/aromatic N) is 1. The number of aliphatic carboxylic acids is 1. The molecule has 7 nitrogen and oxygen atoms in total. The summed E-state index contributed by atoms with van der Waals surface area (Å²) < 4.78 is 13.2. The van der Waals surface area contributed by atoms with E-state index in [9.17, 15) is 9.90 Å². The summed E-state index contributed by atoms with van der Waals surface area (Å²) in [5.74, 6) is 0.950. The Hall–Kier alpha value is -1.83. The molecular weight excluding hydrogens is 408 g/mol. The smallest absolute Gasteiger partial charge is 0.303 e. The van der Waals surface area contributed by atoms with Crippen LogP contribution in [0.25, 0.3) is 0 Å². The Morgan fingerprint density at radius 1 is 1.31 bits per heavy atom. The maximum absolute atomic E-state index is 10.9. The number of hydrogen-bond donors (Lipinski definition) is 3. The maximum atomic E-state index is 10.9. The number of phenols is 1. The van der Waals surface area contributed by atoms with Crippen molar-refractivity contribution in [1.29, 1.82) is 0 Å². The first-order valence-corrected chi connectivity index (χ1v) is 12.3. The van der Waals surface area contributed by atoms with Gasteiger partial charge in [-0.05, 0) is 75.6 Å². The van der Waals surface area contributed by atoms with E-state index in [1.165, 1.54) is 24.0 Å². The van der Waals surface area contributed by atoms with Crippen molar-refractivity contribution in [3.05, 3.63) is 23.3 Å². The first kappa shape index (κ1) is 20.8. The summed E-state index contributed by atoms with van der Waals surface area (Å²) in [4.78, 5) is 13.6. The van der Waals surface area contributed by atoms with E-state index < -0.39 is 5.97 Å². The molecule has 5 aliphatic rings. The molecule has 7 heteroatoms. The van der Waals surface area contributed by atoms with Gasteiger partial charge in [0.2, 0.25) is 0 Å². The molecule has 3 N–H and O–H groups in total. The number of rotatable bonds is 8. The molecule has 5 atom stereocenters. The van der Waals surface area contributed by atoms with Crippen LogP contribution in [0.15, 0.2) is 12.1 Å². The number of carbonyl (C=O) groups is 1. The van der Waals surface area contributed by atoms with Gasteiger partial charge in [-0.25, -0.2) is 0 Å². The molecule has 2 bridgehead atoms. The van der Waals surface area contributed by atoms with Gasteiger partial charge >= 0.3 is 5.97 Å². The summed E-state index contributed by atoms with van der Waals surface area (Å²) in [7, 11) is 1.87. The Morgan fingerprint density at radius 3 is 2.91 bits per heavy atom. The number of carboxylic acid groups (broad SMARTS) is 1. The van der Waals surface area contributed by atoms with E-state index in [4.69, 9.17) is 14.6 Å². The number of nitrogens with one attached hydrogen (secondary N) is 1. The molecule has 1 saturated heterocycles. The molecular formula is C25H34N2O5. The van der Waals surface area contributed by atoms with Crippen LogP contribution in [0.3, 0.4) is 0 Å². The van der Waals surface area contributed by atoms with E-state index in [0.717, 1.165) is 44.7 Å². The van der Waals surface area contributed by atoms with Gasteiger partial charge in [0.05, 0.1) is 11.0 Å². The summed E-state index contributed by atoms with van der Waals surface area (Å²) in [6, 6.07) is 4.32. The molecule has 3 aliphatic carbocycles. The van der Waals surface area contributed by atoms with E-state index in [0.29, 0.717) is 24.8 Å². The Morgan fingerprint density at radius 2 is 2.16 bits per heavy atom. The number of likely N-dealkylation sites (tertiary alicyclic amines) is 1. The molecule has 1 spiro atoms. The highest BCUT2D eigenvalue weighted by Gasteiger charge is 2.73. The molecule has 6 rings (SSSR count). The lowest BCUT2D eigenvalue weighted by molar-refractivity contribution is -0.207. The van der Waals surface area contributed by atoms with E-state index in [2.05, 4.69) is 16.3 Å². The van der Waals surface area contributed by atoms with Crippen LogP contribution in [0.4, 0.5) is 0 Å². The van der Waals surface area contributed by atoms with E-state index in [1.807, 2.05) is 7.11 Å². The van der Waals surface area contributed by atoms with E-state index in [-0.39, 0.29) is 35.3 Å². The average Bonchev–Trinajstić information content (AvgIpc) is 3.52. The number of hydrogen-bond acceptors (Lipinski definition) is 6. The van der Waals surface area contributed by atoms with Gasteiger partial charge in [0, 0.05) is 37.7 Å². The molecule has 1 aromatic rings. The van der Waals surface area contributed by atoms with Gasteiger partial charge < -0.3 is 25.0 Å². The van der Waals surface area contributed by atoms with Crippen LogP contribution in [0, 0.1) is 5.92 Å². The predicted octanol–water partition coefficient (Wildman–Crippen LogP) is 2.43. The van der Waals surface area contributed by atoms with Crippen LogP contribution < -0.4 is 10.1 Å². The standard InChI is InChI=1S/C25H34N2O5/c1-31-25-9-8-17(26-11-2-3-20(29)30)23-24(25)10-12-27(14-15-4-5-15)19(25)13-16-6-7-18(28)22(32-23)21(16)24/h6-7,15,17,19,23,26,28H,2-5,8-14H2,1H3,(H,29,30)/t17-,19-,23+,24+,25-/m1/s1. The summed E-state index contributed by atoms with van der Waals surface area (Å²) in [5.41, 5.74) is 1.88. The molecule has 3 fully saturated rings. The third-order valence-electron chi connectivity index (χ3n) is 9.06. The Balaban J connectivity index is 1.40. The highest BCUT2D eigenvalue weighted by Crippen LogP contribution is 2.66. The Kier molecular flexibility index (Phi) is 4.76. The minimum absolute atomic E-state index is 0.112. The van der Waals surface area contributed by atoms with Crippen LogP contribution in [0.2, 0.25) is 0 Å². The molecule has 32 heavy (non-hydrogen) atoms. The van der Waals surface area contributed by atoms with Crippen molar-refractivity contribution in [3.63, 3.8) is 0 Å². The molecule has 0 aromatic heterocycles. The van der Waals surface area contributed by atoms with Crippen LogP contribution in [0.1, 0.15) is 56.1 Å². The van der Waals surface area contributed by atoms with Gasteiger partial charge in [0.15, 0.2) is 11.5 Å². The fraction of sp³-hybridized carbons (Fsp3) is 0.720. The lowest BCUT2D eigenvalue weighted by Crippen LogP contribution is -2.78. The highest BCUT2D eigenvalue weighted by molar-refractivity contribution is 5.66. The van der Waals surface area contributed by atoms with Gasteiger partial charge in [-0.2, -0.15) is 0 Å². The third kappa shape index (κ3) is 2.74. The monoisotopic (exact) mass is 442 g/mol. The van der Waals surface area contributed by atoms with Crippen LogP contribution >= 0.6 is 0 Å². The van der Waals surface area contributed by atoms with Crippen LogP contribution in [-0.2, 0) is 21.4 Å². The van der Waals surface area contributed by atoms with Crippen molar-refractivity contribution < 1.29 is 24.5 Å². The molecule has 2 heterocycles. The fourth-order valence-corrected chi connectivity index (χ4v) is 7.61. The first-order chi connectivity index (χ1) is 15.5. The SMILES string of the molecule is CO[C@@]12CC[C@@H](NCCCC(=O)O)[C@@H]3Oc4c(O)ccc5c4[C@@]31CCN(CC1CC1)[C@@H]2C5. The molecule has 0 amide bonds. The molecule has 0 radical (unpaired) electrons. The largest absolute Gasteiger partial charge is 0.504 e. The fourth-order valence-electron chi connectivity index (χ4n) is 7.61. The lowest BCUT2D eigenvalue weighted by Gasteiger charge is -2.65. The summed E-state index contributed by atoms with van der Waals surface area (Å²) in [5, 5.41) is 23.4. The number of phenolic OH excluding ortho intramolecular Hbond substituents is 1. The molecule has 0 unspecified atom stereocenters. The number of benzene rings is 1. The zero-order valence-corrected chi connectivity index (χ0v) is 18.8. The van der Waals surface area contributed by atoms with Crippen molar-refractivity contribution in [2.45, 2.75) is 80.6 Å². The quantitative estimate of drug-likeness (QED) is 0.533. The zero-order valence-electron chi connectivity index (χ0n) is 18.8. The topological polar surface area (TPSA) is 91.3 Å². The van der Waals surface area contributed by atoms with Crippen molar-refractivity contribution >= 4 is 5.97 Å². The normalized spacial score (nSPS) is 37.1. The van der Waals surface area contributed by atoms with Crippen molar-refractivity contribution in [3.8, 4) is 11.5 Å². The van der Waals surface area contributed by atoms with Crippen molar-refractivity contribution in [2.24, 2.45) is 5.92 Å². The predicted molar refractivity (Wildman–Crippen MR) is 118 cm³/mol. The first-order valence-electron chi connectivity index (χ1n) is 12.3. The Labute approximate surface area is 189 Å². The second-order valence-corrected chi connectivity index (χ2v) is 10.6.